The minimum atomic E-state index is -1.16. The van der Waals surface area contributed by atoms with Crippen LogP contribution in [0.5, 0.6) is 0 Å². The van der Waals surface area contributed by atoms with E-state index in [1.165, 1.54) is 17.0 Å². The fraction of sp³-hybridized carbons (Fsp3) is 0.320. The summed E-state index contributed by atoms with van der Waals surface area (Å²) in [7, 11) is 0. The monoisotopic (exact) mass is 466 g/mol. The Kier molecular flexibility index (Phi) is 6.10. The molecular weight excluding hydrogens is 442 g/mol. The van der Waals surface area contributed by atoms with E-state index in [9.17, 15) is 18.4 Å². The van der Waals surface area contributed by atoms with Crippen molar-refractivity contribution in [2.45, 2.75) is 19.5 Å². The van der Waals surface area contributed by atoms with Crippen LogP contribution in [0.25, 0.3) is 0 Å². The molecule has 1 aromatic heterocycles. The second-order valence-electron chi connectivity index (χ2n) is 8.40. The van der Waals surface area contributed by atoms with Gasteiger partial charge in [-0.15, -0.1) is 0 Å². The predicted octanol–water partition coefficient (Wildman–Crippen LogP) is 2.88. The SMILES string of the molecule is O=C(c1cccc(F)c1F)N1CCc2c(c(C(=O)N3CCOCC3)nn2Cc2ccccc2)C1. The molecule has 1 saturated heterocycles. The number of aromatic nitrogens is 2. The van der Waals surface area contributed by atoms with Crippen LogP contribution < -0.4 is 0 Å². The first-order valence-corrected chi connectivity index (χ1v) is 11.3. The minimum absolute atomic E-state index is 0.102. The summed E-state index contributed by atoms with van der Waals surface area (Å²) in [6.07, 6.45) is 0.453. The van der Waals surface area contributed by atoms with Crippen molar-refractivity contribution in [1.29, 1.82) is 0 Å². The number of rotatable bonds is 4. The van der Waals surface area contributed by atoms with Crippen molar-refractivity contribution < 1.29 is 23.1 Å². The number of carbonyl (C=O) groups excluding carboxylic acids is 2. The van der Waals surface area contributed by atoms with Crippen LogP contribution in [-0.2, 0) is 24.2 Å². The molecule has 176 valence electrons. The molecule has 2 aliphatic rings. The largest absolute Gasteiger partial charge is 0.378 e. The average molecular weight is 466 g/mol. The third kappa shape index (κ3) is 4.19. The number of halogens is 2. The van der Waals surface area contributed by atoms with E-state index in [-0.39, 0.29) is 18.0 Å². The van der Waals surface area contributed by atoms with Crippen molar-refractivity contribution in [2.75, 3.05) is 32.8 Å². The Morgan fingerprint density at radius 2 is 1.68 bits per heavy atom. The molecule has 0 N–H and O–H groups in total. The van der Waals surface area contributed by atoms with Crippen LogP contribution >= 0.6 is 0 Å². The lowest BCUT2D eigenvalue weighted by atomic mass is 10.0. The quantitative estimate of drug-likeness (QED) is 0.593. The highest BCUT2D eigenvalue weighted by Crippen LogP contribution is 2.27. The van der Waals surface area contributed by atoms with Gasteiger partial charge in [-0.25, -0.2) is 8.78 Å². The van der Waals surface area contributed by atoms with E-state index in [4.69, 9.17) is 4.74 Å². The van der Waals surface area contributed by atoms with Crippen molar-refractivity contribution >= 4 is 11.8 Å². The summed E-state index contributed by atoms with van der Waals surface area (Å²) in [5.74, 6) is -3.05. The number of benzene rings is 2. The first-order chi connectivity index (χ1) is 16.5. The van der Waals surface area contributed by atoms with Gasteiger partial charge in [0.1, 0.15) is 0 Å². The van der Waals surface area contributed by atoms with Gasteiger partial charge in [0.15, 0.2) is 17.3 Å². The minimum Gasteiger partial charge on any atom is -0.378 e. The van der Waals surface area contributed by atoms with Crippen molar-refractivity contribution in [3.05, 3.63) is 88.2 Å². The predicted molar refractivity (Wildman–Crippen MR) is 119 cm³/mol. The van der Waals surface area contributed by atoms with Crippen LogP contribution in [0, 0.1) is 11.6 Å². The second-order valence-corrected chi connectivity index (χ2v) is 8.40. The lowest BCUT2D eigenvalue weighted by Crippen LogP contribution is -2.42. The van der Waals surface area contributed by atoms with Gasteiger partial charge in [0.2, 0.25) is 0 Å². The summed E-state index contributed by atoms with van der Waals surface area (Å²) >= 11 is 0. The van der Waals surface area contributed by atoms with Gasteiger partial charge in [-0.05, 0) is 17.7 Å². The smallest absolute Gasteiger partial charge is 0.274 e. The molecule has 9 heteroatoms. The highest BCUT2D eigenvalue weighted by molar-refractivity contribution is 5.96. The number of carbonyl (C=O) groups is 2. The Morgan fingerprint density at radius 1 is 0.912 bits per heavy atom. The van der Waals surface area contributed by atoms with Gasteiger partial charge < -0.3 is 14.5 Å². The number of hydrogen-bond donors (Lipinski definition) is 0. The molecular formula is C25H24F2N4O3. The number of hydrogen-bond acceptors (Lipinski definition) is 4. The molecule has 2 aromatic carbocycles. The number of morpholine rings is 1. The Bertz CT molecular complexity index is 1220. The fourth-order valence-electron chi connectivity index (χ4n) is 4.48. The maximum atomic E-state index is 14.3. The summed E-state index contributed by atoms with van der Waals surface area (Å²) in [5.41, 5.74) is 2.55. The topological polar surface area (TPSA) is 67.7 Å². The van der Waals surface area contributed by atoms with E-state index in [1.807, 2.05) is 35.0 Å². The molecule has 3 aromatic rings. The third-order valence-electron chi connectivity index (χ3n) is 6.28. The summed E-state index contributed by atoms with van der Waals surface area (Å²) in [4.78, 5) is 29.6. The molecule has 0 aliphatic carbocycles. The van der Waals surface area contributed by atoms with Crippen LogP contribution in [0.4, 0.5) is 8.78 Å². The molecule has 7 nitrogen and oxygen atoms in total. The average Bonchev–Trinajstić information content (AvgIpc) is 3.23. The molecule has 0 atom stereocenters. The zero-order chi connectivity index (χ0) is 23.7. The van der Waals surface area contributed by atoms with Gasteiger partial charge in [-0.3, -0.25) is 14.3 Å². The Morgan fingerprint density at radius 3 is 2.44 bits per heavy atom. The Labute approximate surface area is 195 Å². The highest BCUT2D eigenvalue weighted by Gasteiger charge is 2.33. The zero-order valence-electron chi connectivity index (χ0n) is 18.5. The van der Waals surface area contributed by atoms with Crippen molar-refractivity contribution in [3.8, 4) is 0 Å². The van der Waals surface area contributed by atoms with Crippen LogP contribution in [0.2, 0.25) is 0 Å². The number of ether oxygens (including phenoxy) is 1. The van der Waals surface area contributed by atoms with Crippen LogP contribution in [0.15, 0.2) is 48.5 Å². The molecule has 0 radical (unpaired) electrons. The third-order valence-corrected chi connectivity index (χ3v) is 6.28. The lowest BCUT2D eigenvalue weighted by molar-refractivity contribution is 0.0296. The summed E-state index contributed by atoms with van der Waals surface area (Å²) in [5, 5.41) is 4.67. The van der Waals surface area contributed by atoms with E-state index < -0.39 is 17.5 Å². The van der Waals surface area contributed by atoms with Crippen molar-refractivity contribution in [1.82, 2.24) is 19.6 Å². The molecule has 0 saturated carbocycles. The van der Waals surface area contributed by atoms with E-state index >= 15 is 0 Å². The van der Waals surface area contributed by atoms with Crippen LogP contribution in [0.1, 0.15) is 37.7 Å². The first kappa shape index (κ1) is 22.2. The molecule has 34 heavy (non-hydrogen) atoms. The molecule has 3 heterocycles. The van der Waals surface area contributed by atoms with Crippen LogP contribution in [0.3, 0.4) is 0 Å². The standard InChI is InChI=1S/C25H24F2N4O3/c26-20-8-4-7-18(22(20)27)24(32)30-10-9-21-19(16-30)23(25(33)29-11-13-34-14-12-29)28-31(21)15-17-5-2-1-3-6-17/h1-8H,9-16H2. The Balaban J connectivity index is 1.49. The van der Waals surface area contributed by atoms with Gasteiger partial charge >= 0.3 is 0 Å². The first-order valence-electron chi connectivity index (χ1n) is 11.3. The van der Waals surface area contributed by atoms with Crippen molar-refractivity contribution in [2.24, 2.45) is 0 Å². The second kappa shape index (κ2) is 9.34. The molecule has 1 fully saturated rings. The van der Waals surface area contributed by atoms with Gasteiger partial charge in [0.05, 0.1) is 31.9 Å². The van der Waals surface area contributed by atoms with Crippen molar-refractivity contribution in [3.63, 3.8) is 0 Å². The molecule has 2 amide bonds. The van der Waals surface area contributed by atoms with Gasteiger partial charge in [-0.2, -0.15) is 5.10 Å². The molecule has 0 bridgehead atoms. The van der Waals surface area contributed by atoms with E-state index in [0.29, 0.717) is 57.1 Å². The number of fused-ring (bicyclic) bond motifs is 1. The normalized spacial score (nSPS) is 15.8. The summed E-state index contributed by atoms with van der Waals surface area (Å²) < 4.78 is 35.2. The summed E-state index contributed by atoms with van der Waals surface area (Å²) in [6, 6.07) is 13.4. The maximum Gasteiger partial charge on any atom is 0.274 e. The van der Waals surface area contributed by atoms with E-state index in [0.717, 1.165) is 17.3 Å². The summed E-state index contributed by atoms with van der Waals surface area (Å²) in [6.45, 7) is 2.76. The fourth-order valence-corrected chi connectivity index (χ4v) is 4.48. The number of nitrogens with zero attached hydrogens (tertiary/aromatic N) is 4. The van der Waals surface area contributed by atoms with Gasteiger partial charge in [0.25, 0.3) is 11.8 Å². The van der Waals surface area contributed by atoms with Gasteiger partial charge in [-0.1, -0.05) is 36.4 Å². The Hall–Kier alpha value is -3.59. The van der Waals surface area contributed by atoms with E-state index in [2.05, 4.69) is 5.10 Å². The molecule has 0 spiro atoms. The molecule has 0 unspecified atom stereocenters. The highest BCUT2D eigenvalue weighted by atomic mass is 19.2. The maximum absolute atomic E-state index is 14.3. The lowest BCUT2D eigenvalue weighted by Gasteiger charge is -2.29. The molecule has 2 aliphatic heterocycles. The van der Waals surface area contributed by atoms with E-state index in [1.54, 1.807) is 4.90 Å². The zero-order valence-corrected chi connectivity index (χ0v) is 18.5. The van der Waals surface area contributed by atoms with Crippen LogP contribution in [-0.4, -0.2) is 64.2 Å². The molecule has 5 rings (SSSR count). The number of amides is 2. The van der Waals surface area contributed by atoms with Gasteiger partial charge in [0, 0.05) is 37.3 Å².